The van der Waals surface area contributed by atoms with Crippen LogP contribution in [0.2, 0.25) is 0 Å². The Balaban J connectivity index is 1.89. The van der Waals surface area contributed by atoms with E-state index in [4.69, 9.17) is 4.74 Å². The number of hydrogen-bond acceptors (Lipinski definition) is 5. The smallest absolute Gasteiger partial charge is 0.326 e. The predicted molar refractivity (Wildman–Crippen MR) is 82.7 cm³/mol. The highest BCUT2D eigenvalue weighted by molar-refractivity contribution is 5.96. The number of aryl methyl sites for hydroxylation is 2. The van der Waals surface area contributed by atoms with Crippen LogP contribution in [0.15, 0.2) is 0 Å². The van der Waals surface area contributed by atoms with Crippen LogP contribution in [0.3, 0.4) is 0 Å². The van der Waals surface area contributed by atoms with Crippen LogP contribution in [0.5, 0.6) is 0 Å². The van der Waals surface area contributed by atoms with Crippen LogP contribution in [-0.2, 0) is 26.2 Å². The van der Waals surface area contributed by atoms with Gasteiger partial charge >= 0.3 is 5.97 Å². The highest BCUT2D eigenvalue weighted by Crippen LogP contribution is 2.18. The van der Waals surface area contributed by atoms with E-state index in [0.29, 0.717) is 24.3 Å². The Kier molecular flexibility index (Phi) is 5.02. The molecule has 1 saturated heterocycles. The van der Waals surface area contributed by atoms with Gasteiger partial charge in [0.25, 0.3) is 5.91 Å². The fourth-order valence-electron chi connectivity index (χ4n) is 2.49. The van der Waals surface area contributed by atoms with Crippen molar-refractivity contribution in [2.24, 2.45) is 7.05 Å². The molecule has 0 aliphatic carbocycles. The molecule has 1 aromatic rings. The maximum absolute atomic E-state index is 12.2. The number of nitrogens with zero attached hydrogens (tertiary/aromatic N) is 3. The molecule has 2 rings (SSSR count). The average molecular weight is 322 g/mol. The fraction of sp³-hybridized carbons (Fsp3) is 0.600. The molecule has 1 aliphatic heterocycles. The largest absolute Gasteiger partial charge is 0.451 e. The average Bonchev–Trinajstić information content (AvgIpc) is 2.97. The van der Waals surface area contributed by atoms with E-state index >= 15 is 0 Å². The number of aromatic nitrogens is 2. The predicted octanol–water partition coefficient (Wildman–Crippen LogP) is 0.530. The summed E-state index contributed by atoms with van der Waals surface area (Å²) in [5.41, 5.74) is 2.13. The third-order valence-corrected chi connectivity index (χ3v) is 3.93. The molecule has 0 radical (unpaired) electrons. The first-order valence-electron chi connectivity index (χ1n) is 7.58. The van der Waals surface area contributed by atoms with Crippen molar-refractivity contribution >= 4 is 23.5 Å². The second-order valence-corrected chi connectivity index (χ2v) is 5.71. The molecule has 1 fully saturated rings. The summed E-state index contributed by atoms with van der Waals surface area (Å²) in [6.45, 7) is 5.58. The summed E-state index contributed by atoms with van der Waals surface area (Å²) in [5, 5.41) is 6.94. The Morgan fingerprint density at radius 1 is 1.39 bits per heavy atom. The maximum Gasteiger partial charge on any atom is 0.326 e. The van der Waals surface area contributed by atoms with Crippen LogP contribution in [0.1, 0.15) is 31.2 Å². The minimum absolute atomic E-state index is 0.0549. The minimum Gasteiger partial charge on any atom is -0.451 e. The van der Waals surface area contributed by atoms with Gasteiger partial charge < -0.3 is 15.0 Å². The standard InChI is InChI=1S/C15H22N4O4/c1-9-14(10(2)18(4)17-9)16-15(22)11(3)23-13(21)8-19-7-5-6-12(19)20/h11H,5-8H2,1-4H3,(H,16,22)/t11-/m1/s1. The van der Waals surface area contributed by atoms with E-state index in [-0.39, 0.29) is 12.5 Å². The zero-order chi connectivity index (χ0) is 17.1. The Bertz CT molecular complexity index is 638. The molecule has 8 heteroatoms. The van der Waals surface area contributed by atoms with Gasteiger partial charge in [0.05, 0.1) is 17.1 Å². The first-order chi connectivity index (χ1) is 10.8. The summed E-state index contributed by atoms with van der Waals surface area (Å²) in [6, 6.07) is 0. The molecule has 0 bridgehead atoms. The quantitative estimate of drug-likeness (QED) is 0.798. The molecule has 0 saturated carbocycles. The Hall–Kier alpha value is -2.38. The third-order valence-electron chi connectivity index (χ3n) is 3.93. The Morgan fingerprint density at radius 2 is 2.09 bits per heavy atom. The van der Waals surface area contributed by atoms with Crippen molar-refractivity contribution in [1.29, 1.82) is 0 Å². The van der Waals surface area contributed by atoms with Crippen LogP contribution in [-0.4, -0.2) is 51.7 Å². The molecule has 0 unspecified atom stereocenters. The molecule has 23 heavy (non-hydrogen) atoms. The van der Waals surface area contributed by atoms with Crippen LogP contribution in [0.25, 0.3) is 0 Å². The van der Waals surface area contributed by atoms with Gasteiger partial charge in [-0.1, -0.05) is 0 Å². The lowest BCUT2D eigenvalue weighted by molar-refractivity contribution is -0.155. The van der Waals surface area contributed by atoms with Crippen molar-refractivity contribution < 1.29 is 19.1 Å². The van der Waals surface area contributed by atoms with E-state index in [1.165, 1.54) is 11.8 Å². The van der Waals surface area contributed by atoms with Crippen molar-refractivity contribution in [2.45, 2.75) is 39.7 Å². The van der Waals surface area contributed by atoms with E-state index in [1.54, 1.807) is 18.7 Å². The molecule has 0 spiro atoms. The van der Waals surface area contributed by atoms with Gasteiger partial charge in [0.15, 0.2) is 6.10 Å². The Morgan fingerprint density at radius 3 is 2.61 bits per heavy atom. The number of rotatable bonds is 5. The van der Waals surface area contributed by atoms with Crippen molar-refractivity contribution in [3.63, 3.8) is 0 Å². The zero-order valence-corrected chi connectivity index (χ0v) is 13.9. The fourth-order valence-corrected chi connectivity index (χ4v) is 2.49. The minimum atomic E-state index is -0.945. The molecular formula is C15H22N4O4. The second-order valence-electron chi connectivity index (χ2n) is 5.71. The number of carbonyl (C=O) groups excluding carboxylic acids is 3. The van der Waals surface area contributed by atoms with E-state index in [0.717, 1.165) is 12.1 Å². The first kappa shape index (κ1) is 17.0. The van der Waals surface area contributed by atoms with Crippen molar-refractivity contribution in [1.82, 2.24) is 14.7 Å². The van der Waals surface area contributed by atoms with Crippen LogP contribution in [0, 0.1) is 13.8 Å². The summed E-state index contributed by atoms with van der Waals surface area (Å²) in [6.07, 6.45) is 0.268. The summed E-state index contributed by atoms with van der Waals surface area (Å²) >= 11 is 0. The number of anilines is 1. The normalized spacial score (nSPS) is 15.7. The van der Waals surface area contributed by atoms with Gasteiger partial charge in [0.1, 0.15) is 6.54 Å². The summed E-state index contributed by atoms with van der Waals surface area (Å²) in [4.78, 5) is 36.9. The van der Waals surface area contributed by atoms with Gasteiger partial charge in [-0.05, 0) is 27.2 Å². The monoisotopic (exact) mass is 322 g/mol. The number of amides is 2. The number of carbonyl (C=O) groups is 3. The van der Waals surface area contributed by atoms with Crippen molar-refractivity contribution in [3.8, 4) is 0 Å². The van der Waals surface area contributed by atoms with Crippen molar-refractivity contribution in [3.05, 3.63) is 11.4 Å². The van der Waals surface area contributed by atoms with Gasteiger partial charge in [-0.15, -0.1) is 0 Å². The lowest BCUT2D eigenvalue weighted by Crippen LogP contribution is -2.36. The summed E-state index contributed by atoms with van der Waals surface area (Å²) in [5.74, 6) is -1.06. The molecule has 2 heterocycles. The number of ether oxygens (including phenoxy) is 1. The van der Waals surface area contributed by atoms with Gasteiger partial charge in [-0.3, -0.25) is 19.1 Å². The molecule has 0 aromatic carbocycles. The number of hydrogen-bond donors (Lipinski definition) is 1. The number of nitrogens with one attached hydrogen (secondary N) is 1. The SMILES string of the molecule is Cc1nn(C)c(C)c1NC(=O)[C@@H](C)OC(=O)CN1CCCC1=O. The highest BCUT2D eigenvalue weighted by Gasteiger charge is 2.26. The first-order valence-corrected chi connectivity index (χ1v) is 7.58. The molecule has 1 aliphatic rings. The van der Waals surface area contributed by atoms with E-state index in [2.05, 4.69) is 10.4 Å². The van der Waals surface area contributed by atoms with Gasteiger partial charge in [0, 0.05) is 20.0 Å². The molecule has 1 atom stereocenters. The summed E-state index contributed by atoms with van der Waals surface area (Å²) < 4.78 is 6.78. The molecule has 2 amide bonds. The number of likely N-dealkylation sites (tertiary alicyclic amines) is 1. The molecule has 8 nitrogen and oxygen atoms in total. The molecular weight excluding hydrogens is 300 g/mol. The van der Waals surface area contributed by atoms with Crippen molar-refractivity contribution in [2.75, 3.05) is 18.4 Å². The zero-order valence-electron chi connectivity index (χ0n) is 13.9. The molecule has 126 valence electrons. The van der Waals surface area contributed by atoms with Crippen LogP contribution >= 0.6 is 0 Å². The Labute approximate surface area is 134 Å². The van der Waals surface area contributed by atoms with Gasteiger partial charge in [0.2, 0.25) is 5.91 Å². The number of esters is 1. The molecule has 1 N–H and O–H groups in total. The highest BCUT2D eigenvalue weighted by atomic mass is 16.5. The lowest BCUT2D eigenvalue weighted by Gasteiger charge is -2.17. The van der Waals surface area contributed by atoms with Gasteiger partial charge in [-0.2, -0.15) is 5.10 Å². The third kappa shape index (κ3) is 3.88. The van der Waals surface area contributed by atoms with Gasteiger partial charge in [-0.25, -0.2) is 0 Å². The van der Waals surface area contributed by atoms with E-state index in [1.807, 2.05) is 6.92 Å². The molecule has 1 aromatic heterocycles. The summed E-state index contributed by atoms with van der Waals surface area (Å²) in [7, 11) is 1.79. The van der Waals surface area contributed by atoms with E-state index < -0.39 is 18.0 Å². The maximum atomic E-state index is 12.2. The lowest BCUT2D eigenvalue weighted by atomic mass is 10.3. The second kappa shape index (κ2) is 6.80. The van der Waals surface area contributed by atoms with E-state index in [9.17, 15) is 14.4 Å². The van der Waals surface area contributed by atoms with Crippen LogP contribution in [0.4, 0.5) is 5.69 Å². The topological polar surface area (TPSA) is 93.5 Å². The van der Waals surface area contributed by atoms with Crippen LogP contribution < -0.4 is 5.32 Å².